The van der Waals surface area contributed by atoms with Gasteiger partial charge in [0, 0.05) is 29.6 Å². The number of piperidine rings is 2. The first-order valence-electron chi connectivity index (χ1n) is 15.7. The molecule has 0 amide bonds. The third-order valence-corrected chi connectivity index (χ3v) is 9.80. The molecule has 2 aliphatic heterocycles. The minimum atomic E-state index is -1.23. The molecule has 0 spiro atoms. The third-order valence-electron chi connectivity index (χ3n) is 8.68. The Bertz CT molecular complexity index is 1460. The molecule has 2 fully saturated rings. The summed E-state index contributed by atoms with van der Waals surface area (Å²) < 4.78 is 47.8. The lowest BCUT2D eigenvalue weighted by atomic mass is 9.81. The average Bonchev–Trinajstić information content (AvgIpc) is 3.07. The zero-order chi connectivity index (χ0) is 33.1. The van der Waals surface area contributed by atoms with E-state index in [4.69, 9.17) is 9.84 Å². The molecule has 3 N–H and O–H groups in total. The molecule has 12 heteroatoms. The number of nitrogens with one attached hydrogen (secondary N) is 1. The lowest BCUT2D eigenvalue weighted by Crippen LogP contribution is -2.44. The molecule has 0 bridgehead atoms. The number of fused-ring (bicyclic) bond motifs is 1. The van der Waals surface area contributed by atoms with Gasteiger partial charge in [0.1, 0.15) is 23.6 Å². The maximum atomic E-state index is 15.4. The summed E-state index contributed by atoms with van der Waals surface area (Å²) in [6.45, 7) is 3.45. The van der Waals surface area contributed by atoms with Gasteiger partial charge in [-0.3, -0.25) is 14.6 Å². The maximum Gasteiger partial charge on any atom is 0.308 e. The molecule has 0 saturated carbocycles. The van der Waals surface area contributed by atoms with Crippen LogP contribution in [0.15, 0.2) is 53.6 Å². The van der Waals surface area contributed by atoms with Gasteiger partial charge in [-0.1, -0.05) is 0 Å². The quantitative estimate of drug-likeness (QED) is 0.146. The number of rotatable bonds is 12. The molecule has 2 unspecified atom stereocenters. The van der Waals surface area contributed by atoms with Crippen molar-refractivity contribution in [3.8, 4) is 5.75 Å². The minimum Gasteiger partial charge on any atom is -0.497 e. The largest absolute Gasteiger partial charge is 0.497 e. The van der Waals surface area contributed by atoms with Gasteiger partial charge in [0.2, 0.25) is 0 Å². The normalized spacial score (nSPS) is 20.8. The van der Waals surface area contributed by atoms with Crippen molar-refractivity contribution in [3.05, 3.63) is 65.9 Å². The van der Waals surface area contributed by atoms with Crippen molar-refractivity contribution in [2.24, 2.45) is 17.8 Å². The predicted molar refractivity (Wildman–Crippen MR) is 172 cm³/mol. The molecule has 0 radical (unpaired) electrons. The molecule has 2 aromatic carbocycles. The second kappa shape index (κ2) is 17.5. The number of methoxy groups -OCH3 is 1. The van der Waals surface area contributed by atoms with Gasteiger partial charge >= 0.3 is 11.9 Å². The number of likely N-dealkylation sites (tertiary alicyclic amines) is 1. The highest BCUT2D eigenvalue weighted by molar-refractivity contribution is 7.99. The number of benzene rings is 2. The lowest BCUT2D eigenvalue weighted by molar-refractivity contribution is -0.146. The standard InChI is InChI=1S/C28H31F3N2O3S.C6H11NO2/c1-36-20-5-8-26-22(16-20)21(9-11-32-26)24(30)6-3-18-10-13-33(17-23(18)28(34)35)12-2-14-37-27-15-19(29)4-7-25(27)31;8-6(9)5-2-1-3-7-4-5/h4-5,7-9,11,15-16,18,23-24H,2-3,6,10,12-14,17H2,1H3,(H,34,35);5,7H,1-4H2,(H,8,9)/t18-,23+,24?;/m1./s1. The van der Waals surface area contributed by atoms with Crippen LogP contribution < -0.4 is 10.1 Å². The Balaban J connectivity index is 0.000000459. The highest BCUT2D eigenvalue weighted by Crippen LogP contribution is 2.35. The molecule has 3 heterocycles. The summed E-state index contributed by atoms with van der Waals surface area (Å²) in [6.07, 6.45) is 4.32. The molecule has 250 valence electrons. The van der Waals surface area contributed by atoms with Crippen LogP contribution in [0.4, 0.5) is 13.2 Å². The van der Waals surface area contributed by atoms with E-state index in [1.165, 1.54) is 17.8 Å². The molecule has 4 atom stereocenters. The van der Waals surface area contributed by atoms with Crippen LogP contribution in [0.3, 0.4) is 0 Å². The molecule has 46 heavy (non-hydrogen) atoms. The third kappa shape index (κ3) is 10.1. The highest BCUT2D eigenvalue weighted by atomic mass is 32.2. The summed E-state index contributed by atoms with van der Waals surface area (Å²) >= 11 is 1.26. The Hall–Kier alpha value is -3.35. The summed E-state index contributed by atoms with van der Waals surface area (Å²) in [6, 6.07) is 10.5. The summed E-state index contributed by atoms with van der Waals surface area (Å²) in [5.41, 5.74) is 1.23. The van der Waals surface area contributed by atoms with Gasteiger partial charge in [-0.05, 0) is 118 Å². The van der Waals surface area contributed by atoms with E-state index >= 15 is 4.39 Å². The van der Waals surface area contributed by atoms with Gasteiger partial charge in [-0.25, -0.2) is 13.2 Å². The zero-order valence-corrected chi connectivity index (χ0v) is 26.8. The van der Waals surface area contributed by atoms with E-state index in [0.717, 1.165) is 44.5 Å². The fourth-order valence-corrected chi connectivity index (χ4v) is 6.97. The van der Waals surface area contributed by atoms with Crippen LogP contribution in [0.5, 0.6) is 5.75 Å². The number of pyridine rings is 1. The Morgan fingerprint density at radius 2 is 1.96 bits per heavy atom. The van der Waals surface area contributed by atoms with Crippen molar-refractivity contribution in [3.63, 3.8) is 0 Å². The minimum absolute atomic E-state index is 0.106. The highest BCUT2D eigenvalue weighted by Gasteiger charge is 2.34. The van der Waals surface area contributed by atoms with Crippen molar-refractivity contribution in [1.29, 1.82) is 0 Å². The van der Waals surface area contributed by atoms with E-state index in [1.54, 1.807) is 37.6 Å². The number of alkyl halides is 1. The molecular formula is C34H42F3N3O5S. The maximum absolute atomic E-state index is 15.4. The molecule has 2 saturated heterocycles. The van der Waals surface area contributed by atoms with Crippen molar-refractivity contribution >= 4 is 34.6 Å². The molecular weight excluding hydrogens is 619 g/mol. The number of hydrogen-bond donors (Lipinski definition) is 3. The van der Waals surface area contributed by atoms with E-state index in [-0.39, 0.29) is 23.2 Å². The van der Waals surface area contributed by atoms with Crippen LogP contribution in [0.2, 0.25) is 0 Å². The van der Waals surface area contributed by atoms with Gasteiger partial charge < -0.3 is 25.2 Å². The van der Waals surface area contributed by atoms with Gasteiger partial charge in [-0.15, -0.1) is 11.8 Å². The second-order valence-electron chi connectivity index (χ2n) is 11.8. The van der Waals surface area contributed by atoms with Crippen LogP contribution >= 0.6 is 11.8 Å². The first kappa shape index (κ1) is 35.5. The molecule has 5 rings (SSSR count). The van der Waals surface area contributed by atoms with Crippen molar-refractivity contribution in [2.75, 3.05) is 45.6 Å². The Kier molecular flexibility index (Phi) is 13.5. The summed E-state index contributed by atoms with van der Waals surface area (Å²) in [7, 11) is 1.56. The summed E-state index contributed by atoms with van der Waals surface area (Å²) in [5.74, 6) is -2.01. The fourth-order valence-electron chi connectivity index (χ4n) is 6.08. The Morgan fingerprint density at radius 1 is 1.13 bits per heavy atom. The summed E-state index contributed by atoms with van der Waals surface area (Å²) in [5, 5.41) is 22.1. The first-order chi connectivity index (χ1) is 22.2. The van der Waals surface area contributed by atoms with Crippen molar-refractivity contribution < 1.29 is 37.7 Å². The SMILES string of the molecule is COc1ccc2nccc(C(F)CC[C@@H]3CCN(CCCSc4cc(F)ccc4F)C[C@@H]3C(=O)O)c2c1.O=C(O)C1CCCNC1. The predicted octanol–water partition coefficient (Wildman–Crippen LogP) is 6.59. The number of carboxylic acid groups (broad SMARTS) is 2. The smallest absolute Gasteiger partial charge is 0.308 e. The van der Waals surface area contributed by atoms with Crippen LogP contribution in [0.1, 0.15) is 50.3 Å². The fraction of sp³-hybridized carbons (Fsp3) is 0.500. The van der Waals surface area contributed by atoms with E-state index in [2.05, 4.69) is 15.2 Å². The molecule has 0 aliphatic carbocycles. The van der Waals surface area contributed by atoms with E-state index in [1.807, 2.05) is 0 Å². The summed E-state index contributed by atoms with van der Waals surface area (Å²) in [4.78, 5) is 29.0. The number of hydrogen-bond acceptors (Lipinski definition) is 7. The topological polar surface area (TPSA) is 112 Å². The molecule has 2 aliphatic rings. The second-order valence-corrected chi connectivity index (χ2v) is 12.9. The number of aliphatic carboxylic acids is 2. The Labute approximate surface area is 271 Å². The Morgan fingerprint density at radius 3 is 2.65 bits per heavy atom. The monoisotopic (exact) mass is 661 g/mol. The zero-order valence-electron chi connectivity index (χ0n) is 26.0. The average molecular weight is 662 g/mol. The molecule has 8 nitrogen and oxygen atoms in total. The first-order valence-corrected chi connectivity index (χ1v) is 16.7. The van der Waals surface area contributed by atoms with E-state index < -0.39 is 35.7 Å². The van der Waals surface area contributed by atoms with E-state index in [0.29, 0.717) is 60.4 Å². The van der Waals surface area contributed by atoms with Crippen LogP contribution in [-0.4, -0.2) is 77.6 Å². The van der Waals surface area contributed by atoms with Gasteiger partial charge in [0.25, 0.3) is 0 Å². The van der Waals surface area contributed by atoms with Crippen molar-refractivity contribution in [1.82, 2.24) is 15.2 Å². The van der Waals surface area contributed by atoms with Gasteiger partial charge in [0.15, 0.2) is 0 Å². The number of thioether (sulfide) groups is 1. The van der Waals surface area contributed by atoms with Gasteiger partial charge in [0.05, 0.1) is 24.5 Å². The number of ether oxygens (including phenoxy) is 1. The van der Waals surface area contributed by atoms with Gasteiger partial charge in [-0.2, -0.15) is 0 Å². The number of carboxylic acids is 2. The van der Waals surface area contributed by atoms with Crippen LogP contribution in [0, 0.1) is 29.4 Å². The molecule has 3 aromatic rings. The number of halogens is 3. The van der Waals surface area contributed by atoms with Crippen LogP contribution in [0.25, 0.3) is 10.9 Å². The number of carbonyl (C=O) groups is 2. The van der Waals surface area contributed by atoms with Crippen LogP contribution in [-0.2, 0) is 9.59 Å². The lowest BCUT2D eigenvalue weighted by Gasteiger charge is -2.36. The number of nitrogens with zero attached hydrogens (tertiary/aromatic N) is 2. The number of aromatic nitrogens is 1. The van der Waals surface area contributed by atoms with E-state index in [9.17, 15) is 23.5 Å². The van der Waals surface area contributed by atoms with Crippen molar-refractivity contribution in [2.45, 2.75) is 49.6 Å². The molecule has 1 aromatic heterocycles.